The third-order valence-corrected chi connectivity index (χ3v) is 4.12. The molecule has 0 atom stereocenters. The van der Waals surface area contributed by atoms with Gasteiger partial charge in [0.05, 0.1) is 5.69 Å². The predicted molar refractivity (Wildman–Crippen MR) is 88.3 cm³/mol. The Morgan fingerprint density at radius 2 is 1.86 bits per heavy atom. The lowest BCUT2D eigenvalue weighted by Crippen LogP contribution is -2.14. The molecule has 0 aliphatic rings. The molecule has 22 heavy (non-hydrogen) atoms. The molecule has 6 heteroatoms. The maximum Gasteiger partial charge on any atom is 0.274 e. The minimum atomic E-state index is -0.166. The third-order valence-electron chi connectivity index (χ3n) is 3.55. The summed E-state index contributed by atoms with van der Waals surface area (Å²) in [6.45, 7) is 0. The van der Waals surface area contributed by atoms with E-state index in [0.717, 1.165) is 16.3 Å². The van der Waals surface area contributed by atoms with Gasteiger partial charge in [-0.05, 0) is 23.1 Å². The van der Waals surface area contributed by atoms with Crippen LogP contribution in [0, 0.1) is 0 Å². The van der Waals surface area contributed by atoms with Gasteiger partial charge >= 0.3 is 0 Å². The number of nitrogens with one attached hydrogen (secondary N) is 1. The number of nitrogens with zero attached hydrogens (tertiary/aromatic N) is 3. The number of aromatic nitrogens is 4. The van der Waals surface area contributed by atoms with E-state index in [9.17, 15) is 4.79 Å². The number of hydrogen-bond donors (Lipinski definition) is 1. The van der Waals surface area contributed by atoms with Crippen LogP contribution in [0.15, 0.2) is 58.5 Å². The summed E-state index contributed by atoms with van der Waals surface area (Å²) in [6, 6.07) is 15.7. The van der Waals surface area contributed by atoms with Crippen LogP contribution in [-0.4, -0.2) is 25.8 Å². The third kappa shape index (κ3) is 2.08. The molecule has 0 amide bonds. The summed E-state index contributed by atoms with van der Waals surface area (Å²) in [6.07, 6.45) is 1.90. The highest BCUT2D eigenvalue weighted by Gasteiger charge is 2.09. The van der Waals surface area contributed by atoms with E-state index in [1.54, 1.807) is 0 Å². The van der Waals surface area contributed by atoms with Crippen LogP contribution in [0.2, 0.25) is 0 Å². The Labute approximate surface area is 130 Å². The van der Waals surface area contributed by atoms with E-state index in [2.05, 4.69) is 21.1 Å². The molecule has 0 saturated carbocycles. The van der Waals surface area contributed by atoms with Crippen molar-refractivity contribution in [2.24, 2.45) is 0 Å². The van der Waals surface area contributed by atoms with Crippen molar-refractivity contribution in [3.8, 4) is 11.3 Å². The number of thioether (sulfide) groups is 1. The molecular formula is C16H12N4OS. The standard InChI is InChI=1S/C16H12N4OS/c1-22-16-18-15-17-13(9-14(21)20(15)19-16)12-7-6-10-4-2-3-5-11(10)8-12/h2-9H,1H3,(H,17,18,19). The van der Waals surface area contributed by atoms with Crippen LogP contribution in [0.4, 0.5) is 0 Å². The largest absolute Gasteiger partial charge is 0.274 e. The summed E-state index contributed by atoms with van der Waals surface area (Å²) in [5.41, 5.74) is 1.38. The summed E-state index contributed by atoms with van der Waals surface area (Å²) in [5.74, 6) is 0.389. The average molecular weight is 308 g/mol. The topological polar surface area (TPSA) is 63.1 Å². The number of fused-ring (bicyclic) bond motifs is 2. The van der Waals surface area contributed by atoms with Crippen molar-refractivity contribution >= 4 is 28.3 Å². The molecule has 108 valence electrons. The highest BCUT2D eigenvalue weighted by Crippen LogP contribution is 2.22. The van der Waals surface area contributed by atoms with E-state index < -0.39 is 0 Å². The van der Waals surface area contributed by atoms with E-state index >= 15 is 0 Å². The average Bonchev–Trinajstić information content (AvgIpc) is 2.98. The second kappa shape index (κ2) is 4.99. The molecule has 0 saturated heterocycles. The Bertz CT molecular complexity index is 1050. The fourth-order valence-corrected chi connectivity index (χ4v) is 2.80. The first-order valence-electron chi connectivity index (χ1n) is 6.77. The van der Waals surface area contributed by atoms with E-state index in [-0.39, 0.29) is 5.56 Å². The normalized spacial score (nSPS) is 11.3. The van der Waals surface area contributed by atoms with Crippen LogP contribution in [0.25, 0.3) is 27.8 Å². The number of hydrogen-bond acceptors (Lipinski definition) is 4. The van der Waals surface area contributed by atoms with Gasteiger partial charge in [-0.25, -0.2) is 4.98 Å². The SMILES string of the molecule is CSc1nc2nc(-c3ccc4ccccc4c3)cc(=O)n2[nH]1. The zero-order chi connectivity index (χ0) is 15.1. The Kier molecular flexibility index (Phi) is 2.97. The van der Waals surface area contributed by atoms with Crippen LogP contribution >= 0.6 is 11.8 Å². The summed E-state index contributed by atoms with van der Waals surface area (Å²) in [7, 11) is 0. The lowest BCUT2D eigenvalue weighted by atomic mass is 10.1. The molecule has 2 heterocycles. The van der Waals surface area contributed by atoms with Gasteiger partial charge in [0.1, 0.15) is 0 Å². The van der Waals surface area contributed by atoms with Crippen LogP contribution < -0.4 is 5.56 Å². The van der Waals surface area contributed by atoms with Gasteiger partial charge in [-0.2, -0.15) is 9.50 Å². The molecule has 0 bridgehead atoms. The van der Waals surface area contributed by atoms with Gasteiger partial charge < -0.3 is 0 Å². The van der Waals surface area contributed by atoms with E-state index in [1.165, 1.54) is 22.3 Å². The number of rotatable bonds is 2. The van der Waals surface area contributed by atoms with E-state index in [4.69, 9.17) is 0 Å². The van der Waals surface area contributed by atoms with Crippen molar-refractivity contribution in [2.75, 3.05) is 6.26 Å². The quantitative estimate of drug-likeness (QED) is 0.578. The van der Waals surface area contributed by atoms with Gasteiger partial charge in [-0.15, -0.1) is 0 Å². The monoisotopic (exact) mass is 308 g/mol. The smallest absolute Gasteiger partial charge is 0.267 e. The fourth-order valence-electron chi connectivity index (χ4n) is 2.45. The molecule has 1 N–H and O–H groups in total. The van der Waals surface area contributed by atoms with Crippen molar-refractivity contribution in [2.45, 2.75) is 5.16 Å². The molecule has 2 aromatic heterocycles. The summed E-state index contributed by atoms with van der Waals surface area (Å²) >= 11 is 1.44. The van der Waals surface area contributed by atoms with Crippen LogP contribution in [0.3, 0.4) is 0 Å². The van der Waals surface area contributed by atoms with Gasteiger partial charge in [0, 0.05) is 11.6 Å². The van der Waals surface area contributed by atoms with Crippen LogP contribution in [0.5, 0.6) is 0 Å². The van der Waals surface area contributed by atoms with E-state index in [1.807, 2.05) is 42.7 Å². The predicted octanol–water partition coefficient (Wildman–Crippen LogP) is 2.96. The lowest BCUT2D eigenvalue weighted by molar-refractivity contribution is 0.852. The lowest BCUT2D eigenvalue weighted by Gasteiger charge is -2.03. The Morgan fingerprint density at radius 3 is 2.68 bits per heavy atom. The van der Waals surface area contributed by atoms with Crippen LogP contribution in [0.1, 0.15) is 0 Å². The zero-order valence-corrected chi connectivity index (χ0v) is 12.6. The minimum absolute atomic E-state index is 0.166. The maximum absolute atomic E-state index is 12.2. The van der Waals surface area contributed by atoms with Crippen LogP contribution in [-0.2, 0) is 0 Å². The molecular weight excluding hydrogens is 296 g/mol. The molecule has 0 aliphatic carbocycles. The van der Waals surface area contributed by atoms with Crippen molar-refractivity contribution in [3.63, 3.8) is 0 Å². The highest BCUT2D eigenvalue weighted by molar-refractivity contribution is 7.98. The first kappa shape index (κ1) is 13.1. The van der Waals surface area contributed by atoms with Gasteiger partial charge in [0.15, 0.2) is 5.16 Å². The molecule has 4 rings (SSSR count). The highest BCUT2D eigenvalue weighted by atomic mass is 32.2. The fraction of sp³-hybridized carbons (Fsp3) is 0.0625. The minimum Gasteiger partial charge on any atom is -0.267 e. The first-order chi connectivity index (χ1) is 10.7. The second-order valence-electron chi connectivity index (χ2n) is 4.91. The number of aromatic amines is 1. The van der Waals surface area contributed by atoms with Gasteiger partial charge in [-0.3, -0.25) is 9.89 Å². The van der Waals surface area contributed by atoms with Gasteiger partial charge in [-0.1, -0.05) is 48.2 Å². The van der Waals surface area contributed by atoms with Crippen molar-refractivity contribution < 1.29 is 0 Å². The van der Waals surface area contributed by atoms with Gasteiger partial charge in [0.25, 0.3) is 11.3 Å². The Balaban J connectivity index is 1.93. The molecule has 2 aromatic carbocycles. The maximum atomic E-state index is 12.2. The van der Waals surface area contributed by atoms with Crippen molar-refractivity contribution in [3.05, 3.63) is 58.9 Å². The van der Waals surface area contributed by atoms with Gasteiger partial charge in [0.2, 0.25) is 0 Å². The molecule has 0 radical (unpaired) electrons. The molecule has 0 spiro atoms. The zero-order valence-electron chi connectivity index (χ0n) is 11.8. The summed E-state index contributed by atoms with van der Waals surface area (Å²) in [4.78, 5) is 21.0. The number of benzene rings is 2. The molecule has 0 aliphatic heterocycles. The number of H-pyrrole nitrogens is 1. The molecule has 5 nitrogen and oxygen atoms in total. The van der Waals surface area contributed by atoms with E-state index in [0.29, 0.717) is 16.6 Å². The second-order valence-corrected chi connectivity index (χ2v) is 5.70. The summed E-state index contributed by atoms with van der Waals surface area (Å²) < 4.78 is 1.36. The molecule has 0 fully saturated rings. The Morgan fingerprint density at radius 1 is 1.05 bits per heavy atom. The van der Waals surface area contributed by atoms with Crippen molar-refractivity contribution in [1.29, 1.82) is 0 Å². The Hall–Kier alpha value is -2.60. The first-order valence-corrected chi connectivity index (χ1v) is 8.00. The summed E-state index contributed by atoms with van der Waals surface area (Å²) in [5, 5.41) is 5.86. The van der Waals surface area contributed by atoms with Crippen molar-refractivity contribution in [1.82, 2.24) is 19.6 Å². The molecule has 0 unspecified atom stereocenters. The molecule has 4 aromatic rings.